The molecule has 67 heavy (non-hydrogen) atoms. The van der Waals surface area contributed by atoms with Crippen molar-refractivity contribution in [3.63, 3.8) is 0 Å². The number of primary amides is 1. The van der Waals surface area contributed by atoms with E-state index in [9.17, 15) is 42.0 Å². The van der Waals surface area contributed by atoms with Gasteiger partial charge in [-0.15, -0.1) is 0 Å². The minimum atomic E-state index is -3.54. The second-order valence-electron chi connectivity index (χ2n) is 18.2. The number of sulfone groups is 1. The van der Waals surface area contributed by atoms with Crippen LogP contribution in [0.3, 0.4) is 0 Å². The molecule has 0 aromatic heterocycles. The van der Waals surface area contributed by atoms with E-state index in [2.05, 4.69) is 37.2 Å². The van der Waals surface area contributed by atoms with Crippen molar-refractivity contribution in [1.82, 2.24) is 37.2 Å². The molecule has 8 amide bonds. The van der Waals surface area contributed by atoms with E-state index in [1.54, 1.807) is 27.7 Å². The number of fused-ring (bicyclic) bond motifs is 1. The van der Waals surface area contributed by atoms with Crippen LogP contribution in [0.2, 0.25) is 0 Å². The van der Waals surface area contributed by atoms with Crippen molar-refractivity contribution in [1.29, 1.82) is 0 Å². The number of thioether (sulfide) groups is 1. The summed E-state index contributed by atoms with van der Waals surface area (Å²) >= 11 is 1.87. The number of nitrogens with one attached hydrogen (secondary N) is 7. The first-order chi connectivity index (χ1) is 31.6. The molecule has 2 saturated heterocycles. The Kier molecular flexibility index (Phi) is 27.5. The Labute approximate surface area is 400 Å². The van der Waals surface area contributed by atoms with Gasteiger partial charge in [-0.1, -0.05) is 54.0 Å². The van der Waals surface area contributed by atoms with Crippen LogP contribution >= 0.6 is 11.8 Å². The number of hydrogen-bond donors (Lipinski definition) is 8. The average Bonchev–Trinajstić information content (AvgIpc) is 3.80. The normalized spacial score (nSPS) is 18.9. The number of nitrogens with two attached hydrogens (primary N) is 1. The van der Waals surface area contributed by atoms with E-state index in [4.69, 9.17) is 24.7 Å². The van der Waals surface area contributed by atoms with Crippen LogP contribution in [-0.4, -0.2) is 163 Å². The van der Waals surface area contributed by atoms with Gasteiger partial charge in [0.15, 0.2) is 9.84 Å². The Morgan fingerprint density at radius 2 is 1.40 bits per heavy atom. The van der Waals surface area contributed by atoms with Gasteiger partial charge in [-0.2, -0.15) is 11.8 Å². The van der Waals surface area contributed by atoms with E-state index in [0.717, 1.165) is 36.7 Å². The number of unbranched alkanes of at least 4 members (excludes halogenated alkanes) is 1. The molecule has 2 fully saturated rings. The number of urea groups is 1. The molecule has 2 heterocycles. The lowest BCUT2D eigenvalue weighted by molar-refractivity contribution is -0.136. The largest absolute Gasteiger partial charge is 0.379 e. The summed E-state index contributed by atoms with van der Waals surface area (Å²) in [6.07, 6.45) is 5.74. The molecular weight excluding hydrogens is 913 g/mol. The summed E-state index contributed by atoms with van der Waals surface area (Å²) in [4.78, 5) is 88.5. The van der Waals surface area contributed by atoms with Crippen molar-refractivity contribution in [2.75, 3.05) is 71.4 Å². The van der Waals surface area contributed by atoms with Gasteiger partial charge in [-0.3, -0.25) is 28.8 Å². The van der Waals surface area contributed by atoms with Crippen molar-refractivity contribution >= 4 is 63.1 Å². The van der Waals surface area contributed by atoms with Crippen LogP contribution in [0.15, 0.2) is 11.5 Å². The molecule has 2 aliphatic rings. The fourth-order valence-electron chi connectivity index (χ4n) is 7.08. The summed E-state index contributed by atoms with van der Waals surface area (Å²) in [6, 6.07) is -3.69. The van der Waals surface area contributed by atoms with E-state index in [1.165, 1.54) is 6.08 Å². The number of carbonyl (C=O) groups is 7. The highest BCUT2D eigenvalue weighted by Crippen LogP contribution is 2.33. The Morgan fingerprint density at radius 1 is 0.791 bits per heavy atom. The van der Waals surface area contributed by atoms with Crippen LogP contribution in [0.25, 0.3) is 0 Å². The Hall–Kier alpha value is -4.03. The molecule has 2 rings (SSSR count). The lowest BCUT2D eigenvalue weighted by Crippen LogP contribution is -2.60. The van der Waals surface area contributed by atoms with E-state index in [1.807, 2.05) is 25.6 Å². The highest BCUT2D eigenvalue weighted by molar-refractivity contribution is 8.00. The maximum absolute atomic E-state index is 13.8. The third-order valence-corrected chi connectivity index (χ3v) is 12.8. The van der Waals surface area contributed by atoms with Crippen LogP contribution in [0.5, 0.6) is 0 Å². The third-order valence-electron chi connectivity index (χ3n) is 10.6. The summed E-state index contributed by atoms with van der Waals surface area (Å²) in [6.45, 7) is 13.5. The average molecular weight is 991 g/mol. The van der Waals surface area contributed by atoms with Crippen molar-refractivity contribution in [3.8, 4) is 0 Å². The summed E-state index contributed by atoms with van der Waals surface area (Å²) in [7, 11) is -3.54. The fraction of sp³-hybridized carbons (Fsp3) is 0.795. The molecule has 21 nitrogen and oxygen atoms in total. The summed E-state index contributed by atoms with van der Waals surface area (Å²) in [5, 5.41) is 21.0. The fourth-order valence-corrected chi connectivity index (χ4v) is 9.10. The Bertz CT molecular complexity index is 1730. The zero-order valence-electron chi connectivity index (χ0n) is 40.4. The molecule has 0 spiro atoms. The van der Waals surface area contributed by atoms with E-state index in [0.29, 0.717) is 51.2 Å². The molecule has 0 aromatic carbocycles. The van der Waals surface area contributed by atoms with Crippen LogP contribution in [0.1, 0.15) is 99.3 Å². The first-order valence-corrected chi connectivity index (χ1v) is 26.2. The number of hydrogen-bond acceptors (Lipinski definition) is 14. The van der Waals surface area contributed by atoms with Gasteiger partial charge in [0.25, 0.3) is 0 Å². The Balaban J connectivity index is 1.61. The predicted octanol–water partition coefficient (Wildman–Crippen LogP) is 0.550. The summed E-state index contributed by atoms with van der Waals surface area (Å²) < 4.78 is 45.5. The van der Waals surface area contributed by atoms with Gasteiger partial charge in [0, 0.05) is 54.5 Å². The van der Waals surface area contributed by atoms with E-state index < -0.39 is 69.0 Å². The zero-order valence-corrected chi connectivity index (χ0v) is 42.0. The minimum Gasteiger partial charge on any atom is -0.379 e. The van der Waals surface area contributed by atoms with Gasteiger partial charge in [0.2, 0.25) is 35.4 Å². The first-order valence-electron chi connectivity index (χ1n) is 23.2. The van der Waals surface area contributed by atoms with Crippen LogP contribution in [-0.2, 0) is 57.6 Å². The molecule has 0 radical (unpaired) electrons. The molecule has 0 saturated carbocycles. The van der Waals surface area contributed by atoms with Crippen molar-refractivity contribution in [3.05, 3.63) is 11.5 Å². The zero-order chi connectivity index (χ0) is 50.0. The minimum absolute atomic E-state index is 0.00504. The maximum atomic E-state index is 13.8. The molecule has 0 bridgehead atoms. The molecule has 7 atom stereocenters. The van der Waals surface area contributed by atoms with Crippen LogP contribution in [0, 0.1) is 11.3 Å². The maximum Gasteiger partial charge on any atom is 0.315 e. The third kappa shape index (κ3) is 25.8. The van der Waals surface area contributed by atoms with Gasteiger partial charge >= 0.3 is 6.03 Å². The number of ether oxygens (including phenoxy) is 4. The van der Waals surface area contributed by atoms with Crippen LogP contribution in [0.4, 0.5) is 4.79 Å². The van der Waals surface area contributed by atoms with Gasteiger partial charge in [-0.25, -0.2) is 13.2 Å². The van der Waals surface area contributed by atoms with Gasteiger partial charge < -0.3 is 61.9 Å². The SMILES string of the molecule is CC[C@H](NC(=O)CCOCCOCCOCCOCCNC(=O)CCCC[C@@H]1SC[C@@H]2NC(=O)N[C@@H]21)C(=O)N[C@H](C(=O)N[C@@H](CC(C)C)C(=O)N[C@H](/C=C/S(C)(=O)=O)CCC(N)=O)C(C)(C)C. The molecule has 384 valence electrons. The highest BCUT2D eigenvalue weighted by Gasteiger charge is 2.42. The lowest BCUT2D eigenvalue weighted by Gasteiger charge is -2.33. The van der Waals surface area contributed by atoms with Gasteiger partial charge in [-0.05, 0) is 43.4 Å². The van der Waals surface area contributed by atoms with Crippen molar-refractivity contribution in [2.45, 2.75) is 141 Å². The number of amides is 8. The van der Waals surface area contributed by atoms with Gasteiger partial charge in [0.05, 0.1) is 64.9 Å². The van der Waals surface area contributed by atoms with E-state index in [-0.39, 0.29) is 81.9 Å². The predicted molar refractivity (Wildman–Crippen MR) is 254 cm³/mol. The number of carbonyl (C=O) groups excluding carboxylic acids is 7. The summed E-state index contributed by atoms with van der Waals surface area (Å²) in [5.74, 6) is -2.02. The van der Waals surface area contributed by atoms with Gasteiger partial charge in [0.1, 0.15) is 18.1 Å². The molecule has 2 aliphatic heterocycles. The first kappa shape index (κ1) is 59.1. The monoisotopic (exact) mass is 991 g/mol. The second kappa shape index (κ2) is 31.2. The summed E-state index contributed by atoms with van der Waals surface area (Å²) in [5.41, 5.74) is 4.45. The molecular formula is C44H78N8O13S2. The second-order valence-corrected chi connectivity index (χ2v) is 21.4. The quantitative estimate of drug-likeness (QED) is 0.0318. The molecule has 0 aliphatic carbocycles. The topological polar surface area (TPSA) is 301 Å². The standard InChI is InChI=1S/C44H78N8O13S2/c1-8-31(40(56)52-39(44(4,5)6)42(58)49-32(27-29(2)3)41(57)47-30(13-14-35(45)53)16-26-67(7,60)61)48-37(55)15-18-62-20-22-64-24-25-65-23-21-63-19-17-46-36(54)12-10-9-11-34-38-33(28-66-34)50-43(59)51-38/h16,26,29-34,38-39H,8-15,17-25,27-28H2,1-7H3,(H2,45,53)(H,46,54)(H,47,57)(H,48,55)(H,49,58)(H,52,56)(H2,50,51,59)/b26-16+/t30-,31-,32-,33-,34-,38-,39+/m0/s1. The molecule has 23 heteroatoms. The van der Waals surface area contributed by atoms with E-state index >= 15 is 0 Å². The smallest absolute Gasteiger partial charge is 0.315 e. The molecule has 9 N–H and O–H groups in total. The molecule has 0 aromatic rings. The Morgan fingerprint density at radius 3 is 1.99 bits per heavy atom. The van der Waals surface area contributed by atoms with Crippen molar-refractivity contribution in [2.24, 2.45) is 17.1 Å². The lowest BCUT2D eigenvalue weighted by atomic mass is 9.85. The van der Waals surface area contributed by atoms with Crippen molar-refractivity contribution < 1.29 is 60.9 Å². The van der Waals surface area contributed by atoms with Crippen LogP contribution < -0.4 is 43.0 Å². The molecule has 0 unspecified atom stereocenters. The number of rotatable bonds is 35. The highest BCUT2D eigenvalue weighted by atomic mass is 32.2.